The molecule has 0 saturated heterocycles. The monoisotopic (exact) mass is 543 g/mol. The molecule has 1 unspecified atom stereocenters. The maximum Gasteiger partial charge on any atom is 0.336 e. The van der Waals surface area contributed by atoms with Crippen LogP contribution in [0.15, 0.2) is 89.1 Å². The van der Waals surface area contributed by atoms with Crippen molar-refractivity contribution in [3.05, 3.63) is 106 Å². The number of ether oxygens (including phenoxy) is 2. The Morgan fingerprint density at radius 3 is 2.44 bits per heavy atom. The highest BCUT2D eigenvalue weighted by molar-refractivity contribution is 6.30. The number of ketones is 1. The van der Waals surface area contributed by atoms with Crippen molar-refractivity contribution in [3.8, 4) is 11.5 Å². The Hall–Kier alpha value is -3.90. The zero-order chi connectivity index (χ0) is 27.5. The van der Waals surface area contributed by atoms with Crippen molar-refractivity contribution in [3.63, 3.8) is 0 Å². The van der Waals surface area contributed by atoms with Gasteiger partial charge in [-0.05, 0) is 67.1 Å². The topological polar surface area (TPSA) is 85.2 Å². The molecular formula is C32H30ClNO5. The summed E-state index contributed by atoms with van der Waals surface area (Å²) in [4.78, 5) is 32.2. The molecule has 0 bridgehead atoms. The Balaban J connectivity index is 1.54. The predicted molar refractivity (Wildman–Crippen MR) is 150 cm³/mol. The minimum Gasteiger partial charge on any atom is -0.504 e. The maximum absolute atomic E-state index is 13.8. The van der Waals surface area contributed by atoms with E-state index in [0.717, 1.165) is 16.8 Å². The average Bonchev–Trinajstić information content (AvgIpc) is 2.93. The van der Waals surface area contributed by atoms with Crippen LogP contribution >= 0.6 is 11.6 Å². The molecule has 3 atom stereocenters. The summed E-state index contributed by atoms with van der Waals surface area (Å²) in [7, 11) is 0. The number of hydrogen-bond acceptors (Lipinski definition) is 6. The Morgan fingerprint density at radius 1 is 1.00 bits per heavy atom. The van der Waals surface area contributed by atoms with E-state index < -0.39 is 17.8 Å². The van der Waals surface area contributed by atoms with Gasteiger partial charge >= 0.3 is 5.97 Å². The van der Waals surface area contributed by atoms with Gasteiger partial charge in [-0.15, -0.1) is 0 Å². The molecule has 2 aliphatic rings. The molecule has 1 aliphatic heterocycles. The number of fused-ring (bicyclic) bond motifs is 1. The molecule has 7 heteroatoms. The molecule has 39 heavy (non-hydrogen) atoms. The van der Waals surface area contributed by atoms with Crippen LogP contribution in [0.3, 0.4) is 0 Å². The fourth-order valence-electron chi connectivity index (χ4n) is 5.57. The van der Waals surface area contributed by atoms with Crippen molar-refractivity contribution in [2.24, 2.45) is 10.9 Å². The van der Waals surface area contributed by atoms with Gasteiger partial charge in [0.25, 0.3) is 0 Å². The number of Topliss-reactive ketones (excluding diaryl/α,β-unsaturated/α-hetero) is 1. The van der Waals surface area contributed by atoms with E-state index in [-0.39, 0.29) is 24.1 Å². The average molecular weight is 544 g/mol. The highest BCUT2D eigenvalue weighted by Gasteiger charge is 2.46. The van der Waals surface area contributed by atoms with Crippen molar-refractivity contribution in [2.75, 3.05) is 6.61 Å². The van der Waals surface area contributed by atoms with Crippen molar-refractivity contribution in [1.29, 1.82) is 0 Å². The molecule has 1 aliphatic carbocycles. The number of carbonyl (C=O) groups excluding carboxylic acids is 2. The fourth-order valence-corrected chi connectivity index (χ4v) is 5.69. The largest absolute Gasteiger partial charge is 0.504 e. The minimum atomic E-state index is -0.615. The molecule has 0 aromatic heterocycles. The molecule has 6 nitrogen and oxygen atoms in total. The van der Waals surface area contributed by atoms with Crippen LogP contribution < -0.4 is 4.74 Å². The number of benzene rings is 3. The second-order valence-electron chi connectivity index (χ2n) is 9.90. The third-order valence-corrected chi connectivity index (χ3v) is 7.62. The number of phenols is 1. The summed E-state index contributed by atoms with van der Waals surface area (Å²) in [5.74, 6) is -1.45. The number of esters is 1. The lowest BCUT2D eigenvalue weighted by molar-refractivity contribution is -0.140. The number of carbonyl (C=O) groups is 2. The Bertz CT molecular complexity index is 1450. The molecule has 0 spiro atoms. The standard InChI is InChI=1S/C32H30ClNO5/c1-3-38-28-17-22(11-14-26(28)35)30-29(32(37)39-18-20-7-5-4-6-8-20)19(2)34-25-15-23(16-27(36)31(25)30)21-9-12-24(33)13-10-21/h4-14,17,23,30-31,35H,3,15-16,18H2,1-2H3/t23-,30+,31?/m1/s1. The molecule has 1 heterocycles. The van der Waals surface area contributed by atoms with Crippen LogP contribution in [0.1, 0.15) is 55.2 Å². The van der Waals surface area contributed by atoms with Gasteiger partial charge in [0.2, 0.25) is 0 Å². The van der Waals surface area contributed by atoms with Gasteiger partial charge < -0.3 is 14.6 Å². The van der Waals surface area contributed by atoms with E-state index in [1.54, 1.807) is 19.1 Å². The van der Waals surface area contributed by atoms with E-state index in [2.05, 4.69) is 0 Å². The molecule has 1 fully saturated rings. The van der Waals surface area contributed by atoms with Crippen molar-refractivity contribution in [2.45, 2.75) is 45.1 Å². The normalized spacial score (nSPS) is 20.7. The summed E-state index contributed by atoms with van der Waals surface area (Å²) in [6.07, 6.45) is 0.915. The molecule has 3 aromatic rings. The molecule has 1 saturated carbocycles. The number of rotatable bonds is 7. The molecule has 200 valence electrons. The SMILES string of the molecule is CCOc1cc([C@H]2C(C(=O)OCc3ccccc3)=C(C)N=C3C[C@@H](c4ccc(Cl)cc4)CC(=O)C32)ccc1O. The Kier molecular flexibility index (Phi) is 7.84. The van der Waals surface area contributed by atoms with Gasteiger partial charge in [0.1, 0.15) is 12.4 Å². The van der Waals surface area contributed by atoms with E-state index in [9.17, 15) is 14.7 Å². The van der Waals surface area contributed by atoms with E-state index in [4.69, 9.17) is 26.1 Å². The lowest BCUT2D eigenvalue weighted by atomic mass is 9.66. The smallest absolute Gasteiger partial charge is 0.336 e. The van der Waals surface area contributed by atoms with Crippen LogP contribution in [0.4, 0.5) is 0 Å². The summed E-state index contributed by atoms with van der Waals surface area (Å²) in [6.45, 7) is 4.09. The predicted octanol–water partition coefficient (Wildman–Crippen LogP) is 6.76. The van der Waals surface area contributed by atoms with Gasteiger partial charge in [-0.3, -0.25) is 9.79 Å². The second kappa shape index (κ2) is 11.5. The van der Waals surface area contributed by atoms with Crippen LogP contribution in [-0.2, 0) is 20.9 Å². The Morgan fingerprint density at radius 2 is 1.72 bits per heavy atom. The van der Waals surface area contributed by atoms with Crippen LogP contribution in [0.25, 0.3) is 0 Å². The molecule has 1 N–H and O–H groups in total. The zero-order valence-corrected chi connectivity index (χ0v) is 22.6. The number of halogens is 1. The lowest BCUT2D eigenvalue weighted by Crippen LogP contribution is -2.41. The summed E-state index contributed by atoms with van der Waals surface area (Å²) in [6, 6.07) is 22.0. The number of nitrogens with zero attached hydrogens (tertiary/aromatic N) is 1. The molecule has 3 aromatic carbocycles. The zero-order valence-electron chi connectivity index (χ0n) is 21.9. The van der Waals surface area contributed by atoms with Gasteiger partial charge in [0.15, 0.2) is 11.5 Å². The fraction of sp³-hybridized carbons (Fsp3) is 0.281. The van der Waals surface area contributed by atoms with Crippen molar-refractivity contribution >= 4 is 29.1 Å². The second-order valence-corrected chi connectivity index (χ2v) is 10.3. The van der Waals surface area contributed by atoms with Crippen molar-refractivity contribution in [1.82, 2.24) is 0 Å². The first-order valence-electron chi connectivity index (χ1n) is 13.1. The van der Waals surface area contributed by atoms with Crippen molar-refractivity contribution < 1.29 is 24.2 Å². The molecule has 0 amide bonds. The summed E-state index contributed by atoms with van der Waals surface area (Å²) >= 11 is 6.08. The van der Waals surface area contributed by atoms with Crippen LogP contribution in [0.2, 0.25) is 5.02 Å². The van der Waals surface area contributed by atoms with Gasteiger partial charge in [0.05, 0.1) is 18.1 Å². The lowest BCUT2D eigenvalue weighted by Gasteiger charge is -2.38. The van der Waals surface area contributed by atoms with Crippen LogP contribution in [0.5, 0.6) is 11.5 Å². The number of hydrogen-bond donors (Lipinski definition) is 1. The maximum atomic E-state index is 13.8. The van der Waals surface area contributed by atoms with Gasteiger partial charge in [-0.1, -0.05) is 60.1 Å². The van der Waals surface area contributed by atoms with Gasteiger partial charge in [-0.2, -0.15) is 0 Å². The molecule has 5 rings (SSSR count). The van der Waals surface area contributed by atoms with E-state index >= 15 is 0 Å². The van der Waals surface area contributed by atoms with Crippen LogP contribution in [-0.4, -0.2) is 29.2 Å². The quantitative estimate of drug-likeness (QED) is 0.333. The van der Waals surface area contributed by atoms with E-state index in [1.165, 1.54) is 6.07 Å². The van der Waals surface area contributed by atoms with Gasteiger partial charge in [-0.25, -0.2) is 4.79 Å². The minimum absolute atomic E-state index is 0.00280. The molecule has 0 radical (unpaired) electrons. The highest BCUT2D eigenvalue weighted by atomic mass is 35.5. The number of aromatic hydroxyl groups is 1. The summed E-state index contributed by atoms with van der Waals surface area (Å²) in [5.41, 5.74) is 4.22. The number of allylic oxidation sites excluding steroid dienone is 1. The first-order valence-corrected chi connectivity index (χ1v) is 13.5. The van der Waals surface area contributed by atoms with E-state index in [1.807, 2.05) is 61.5 Å². The third-order valence-electron chi connectivity index (χ3n) is 7.37. The number of aliphatic imine (C=N–C) groups is 1. The first kappa shape index (κ1) is 26.7. The van der Waals surface area contributed by atoms with Crippen LogP contribution in [0, 0.1) is 5.92 Å². The summed E-state index contributed by atoms with van der Waals surface area (Å²) in [5, 5.41) is 11.0. The van der Waals surface area contributed by atoms with Gasteiger partial charge in [0, 0.05) is 28.8 Å². The number of phenolic OH excluding ortho intramolecular Hbond substituents is 1. The third kappa shape index (κ3) is 5.62. The highest BCUT2D eigenvalue weighted by Crippen LogP contribution is 2.47. The first-order chi connectivity index (χ1) is 18.9. The Labute approximate surface area is 232 Å². The summed E-state index contributed by atoms with van der Waals surface area (Å²) < 4.78 is 11.4. The molecular weight excluding hydrogens is 514 g/mol. The van der Waals surface area contributed by atoms with E-state index in [0.29, 0.717) is 47.1 Å².